The fourth-order valence-electron chi connectivity index (χ4n) is 2.58. The number of amides is 1. The van der Waals surface area contributed by atoms with Crippen molar-refractivity contribution in [1.29, 1.82) is 0 Å². The molecule has 1 aliphatic rings. The van der Waals surface area contributed by atoms with E-state index in [1.807, 2.05) is 12.1 Å². The van der Waals surface area contributed by atoms with E-state index in [4.69, 9.17) is 9.47 Å². The number of rotatable bonds is 4. The summed E-state index contributed by atoms with van der Waals surface area (Å²) in [6, 6.07) is 10.4. The molecule has 1 heterocycles. The number of anilines is 1. The molecule has 0 aliphatic carbocycles. The number of carbonyl (C=O) groups excluding carboxylic acids is 1. The molecule has 1 atom stereocenters. The number of ether oxygens (including phenoxy) is 2. The van der Waals surface area contributed by atoms with Crippen LogP contribution in [0.15, 0.2) is 36.4 Å². The van der Waals surface area contributed by atoms with Gasteiger partial charge in [0.1, 0.15) is 19.0 Å². The smallest absolute Gasteiger partial charge is 0.255 e. The highest BCUT2D eigenvalue weighted by molar-refractivity contribution is 6.05. The summed E-state index contributed by atoms with van der Waals surface area (Å²) in [5.74, 6) is 1.30. The molecule has 0 fully saturated rings. The lowest BCUT2D eigenvalue weighted by Crippen LogP contribution is -2.17. The van der Waals surface area contributed by atoms with Crippen molar-refractivity contribution >= 4 is 11.6 Å². The van der Waals surface area contributed by atoms with Gasteiger partial charge in [-0.15, -0.1) is 0 Å². The van der Waals surface area contributed by atoms with Crippen LogP contribution in [0.25, 0.3) is 0 Å². The Bertz CT molecular complexity index is 757. The van der Waals surface area contributed by atoms with Crippen molar-refractivity contribution in [1.82, 2.24) is 0 Å². The molecule has 0 unspecified atom stereocenters. The van der Waals surface area contributed by atoms with Crippen LogP contribution < -0.4 is 14.8 Å². The van der Waals surface area contributed by atoms with Gasteiger partial charge in [-0.1, -0.05) is 19.9 Å². The average molecular weight is 327 g/mol. The van der Waals surface area contributed by atoms with Crippen LogP contribution in [0.2, 0.25) is 0 Å². The highest BCUT2D eigenvalue weighted by atomic mass is 16.6. The molecule has 3 rings (SSSR count). The Morgan fingerprint density at radius 2 is 1.92 bits per heavy atom. The Morgan fingerprint density at radius 3 is 2.67 bits per heavy atom. The minimum absolute atomic E-state index is 0.0490. The van der Waals surface area contributed by atoms with E-state index in [1.54, 1.807) is 24.3 Å². The van der Waals surface area contributed by atoms with Gasteiger partial charge in [0.05, 0.1) is 5.69 Å². The monoisotopic (exact) mass is 327 g/mol. The molecular weight excluding hydrogens is 306 g/mol. The van der Waals surface area contributed by atoms with E-state index < -0.39 is 0 Å². The Morgan fingerprint density at radius 1 is 1.17 bits per heavy atom. The summed E-state index contributed by atoms with van der Waals surface area (Å²) in [5.41, 5.74) is 1.94. The lowest BCUT2D eigenvalue weighted by atomic mass is 9.98. The normalized spacial score (nSPS) is 14.1. The maximum absolute atomic E-state index is 12.5. The molecule has 2 aromatic rings. The molecule has 0 saturated heterocycles. The van der Waals surface area contributed by atoms with Crippen LogP contribution in [0, 0.1) is 0 Å². The van der Waals surface area contributed by atoms with Crippen molar-refractivity contribution in [2.24, 2.45) is 0 Å². The summed E-state index contributed by atoms with van der Waals surface area (Å²) >= 11 is 0. The molecule has 0 bridgehead atoms. The van der Waals surface area contributed by atoms with Gasteiger partial charge in [-0.25, -0.2) is 0 Å². The number of carbonyl (C=O) groups is 1. The van der Waals surface area contributed by atoms with Gasteiger partial charge in [0.2, 0.25) is 0 Å². The maximum Gasteiger partial charge on any atom is 0.255 e. The van der Waals surface area contributed by atoms with Crippen molar-refractivity contribution in [3.63, 3.8) is 0 Å². The third kappa shape index (κ3) is 3.30. The Balaban J connectivity index is 1.82. The molecule has 0 saturated carbocycles. The lowest BCUT2D eigenvalue weighted by molar-refractivity contribution is 0.102. The van der Waals surface area contributed by atoms with E-state index in [-0.39, 0.29) is 11.7 Å². The van der Waals surface area contributed by atoms with Crippen LogP contribution in [0.1, 0.15) is 42.1 Å². The Labute approximate surface area is 141 Å². The number of hydrogen-bond donors (Lipinski definition) is 2. The highest BCUT2D eigenvalue weighted by Gasteiger charge is 2.16. The average Bonchev–Trinajstić information content (AvgIpc) is 2.62. The first kappa shape index (κ1) is 16.2. The Kier molecular flexibility index (Phi) is 4.60. The van der Waals surface area contributed by atoms with Crippen LogP contribution in [-0.4, -0.2) is 24.2 Å². The second kappa shape index (κ2) is 6.83. The first-order valence-corrected chi connectivity index (χ1v) is 8.12. The van der Waals surface area contributed by atoms with E-state index in [9.17, 15) is 9.90 Å². The van der Waals surface area contributed by atoms with Gasteiger partial charge in [0, 0.05) is 5.56 Å². The van der Waals surface area contributed by atoms with E-state index in [2.05, 4.69) is 19.2 Å². The molecule has 0 aromatic heterocycles. The Hall–Kier alpha value is -2.69. The predicted octanol–water partition coefficient (Wildman–Crippen LogP) is 3.93. The quantitative estimate of drug-likeness (QED) is 0.835. The standard InChI is InChI=1S/C19H21NO4/c1-3-12(2)13-4-6-16(21)15(10-13)20-19(22)14-5-7-17-18(11-14)24-9-8-23-17/h4-7,10-12,21H,3,8-9H2,1-2H3,(H,20,22)/t12-/m0/s1. The van der Waals surface area contributed by atoms with Crippen molar-refractivity contribution in [2.45, 2.75) is 26.2 Å². The van der Waals surface area contributed by atoms with Crippen LogP contribution >= 0.6 is 0 Å². The van der Waals surface area contributed by atoms with Gasteiger partial charge >= 0.3 is 0 Å². The zero-order valence-corrected chi connectivity index (χ0v) is 13.8. The molecule has 0 radical (unpaired) electrons. The molecule has 5 nitrogen and oxygen atoms in total. The molecule has 5 heteroatoms. The van der Waals surface area contributed by atoms with Crippen molar-refractivity contribution in [3.8, 4) is 17.2 Å². The van der Waals surface area contributed by atoms with Crippen LogP contribution in [0.5, 0.6) is 17.2 Å². The number of phenols is 1. The van der Waals surface area contributed by atoms with Crippen LogP contribution in [0.4, 0.5) is 5.69 Å². The van der Waals surface area contributed by atoms with Crippen molar-refractivity contribution in [2.75, 3.05) is 18.5 Å². The summed E-state index contributed by atoms with van der Waals surface area (Å²) in [5, 5.41) is 12.8. The largest absolute Gasteiger partial charge is 0.506 e. The fourth-order valence-corrected chi connectivity index (χ4v) is 2.58. The van der Waals surface area contributed by atoms with Gasteiger partial charge in [-0.2, -0.15) is 0 Å². The van der Waals surface area contributed by atoms with Gasteiger partial charge in [0.15, 0.2) is 11.5 Å². The molecule has 1 aliphatic heterocycles. The second-order valence-corrected chi connectivity index (χ2v) is 5.90. The maximum atomic E-state index is 12.5. The molecule has 24 heavy (non-hydrogen) atoms. The highest BCUT2D eigenvalue weighted by Crippen LogP contribution is 2.32. The number of fused-ring (bicyclic) bond motifs is 1. The van der Waals surface area contributed by atoms with E-state index in [0.29, 0.717) is 41.9 Å². The molecule has 126 valence electrons. The van der Waals surface area contributed by atoms with Gasteiger partial charge in [-0.05, 0) is 48.2 Å². The summed E-state index contributed by atoms with van der Waals surface area (Å²) in [7, 11) is 0. The minimum Gasteiger partial charge on any atom is -0.506 e. The fraction of sp³-hybridized carbons (Fsp3) is 0.316. The number of nitrogens with one attached hydrogen (secondary N) is 1. The third-order valence-electron chi connectivity index (χ3n) is 4.25. The first-order valence-electron chi connectivity index (χ1n) is 8.12. The zero-order valence-electron chi connectivity index (χ0n) is 13.8. The molecular formula is C19H21NO4. The van der Waals surface area contributed by atoms with Crippen molar-refractivity contribution < 1.29 is 19.4 Å². The molecule has 2 aromatic carbocycles. The SMILES string of the molecule is CC[C@H](C)c1ccc(O)c(NC(=O)c2ccc3c(c2)OCCO3)c1. The number of hydrogen-bond acceptors (Lipinski definition) is 4. The predicted molar refractivity (Wildman–Crippen MR) is 92.2 cm³/mol. The summed E-state index contributed by atoms with van der Waals surface area (Å²) in [6.07, 6.45) is 0.986. The van der Waals surface area contributed by atoms with Crippen LogP contribution in [-0.2, 0) is 0 Å². The first-order chi connectivity index (χ1) is 11.6. The summed E-state index contributed by atoms with van der Waals surface area (Å²) < 4.78 is 11.0. The molecule has 1 amide bonds. The zero-order chi connectivity index (χ0) is 17.1. The van der Waals surface area contributed by atoms with E-state index in [0.717, 1.165) is 12.0 Å². The molecule has 0 spiro atoms. The third-order valence-corrected chi connectivity index (χ3v) is 4.25. The summed E-state index contributed by atoms with van der Waals surface area (Å²) in [4.78, 5) is 12.5. The van der Waals surface area contributed by atoms with Crippen LogP contribution in [0.3, 0.4) is 0 Å². The molecule has 2 N–H and O–H groups in total. The van der Waals surface area contributed by atoms with E-state index >= 15 is 0 Å². The number of aromatic hydroxyl groups is 1. The number of phenolic OH excluding ortho intramolecular Hbond substituents is 1. The van der Waals surface area contributed by atoms with Gasteiger partial charge in [-0.3, -0.25) is 4.79 Å². The minimum atomic E-state index is -0.302. The van der Waals surface area contributed by atoms with Gasteiger partial charge < -0.3 is 19.9 Å². The lowest BCUT2D eigenvalue weighted by Gasteiger charge is -2.19. The van der Waals surface area contributed by atoms with Gasteiger partial charge in [0.25, 0.3) is 5.91 Å². The summed E-state index contributed by atoms with van der Waals surface area (Å²) in [6.45, 7) is 5.19. The van der Waals surface area contributed by atoms with E-state index in [1.165, 1.54) is 0 Å². The topological polar surface area (TPSA) is 67.8 Å². The van der Waals surface area contributed by atoms with Crippen molar-refractivity contribution in [3.05, 3.63) is 47.5 Å². The number of benzene rings is 2. The second-order valence-electron chi connectivity index (χ2n) is 5.90.